The predicted molar refractivity (Wildman–Crippen MR) is 79.6 cm³/mol. The van der Waals surface area contributed by atoms with Gasteiger partial charge in [-0.25, -0.2) is 13.6 Å². The molecule has 0 saturated heterocycles. The number of sulfonamides is 1. The molecule has 20 heavy (non-hydrogen) atoms. The molecule has 0 aromatic heterocycles. The number of amides is 1. The number of rotatable bonds is 7. The molecule has 1 aromatic rings. The van der Waals surface area contributed by atoms with E-state index in [0.717, 1.165) is 12.0 Å². The summed E-state index contributed by atoms with van der Waals surface area (Å²) < 4.78 is 21.7. The number of hydrogen-bond donors (Lipinski definition) is 2. The van der Waals surface area contributed by atoms with Gasteiger partial charge >= 0.3 is 0 Å². The zero-order valence-corrected chi connectivity index (χ0v) is 12.7. The van der Waals surface area contributed by atoms with Crippen LogP contribution in [-0.4, -0.2) is 26.6 Å². The third kappa shape index (κ3) is 5.30. The Kier molecular flexibility index (Phi) is 6.16. The van der Waals surface area contributed by atoms with Crippen molar-refractivity contribution in [2.75, 3.05) is 12.3 Å². The Morgan fingerprint density at radius 2 is 1.90 bits per heavy atom. The van der Waals surface area contributed by atoms with Crippen molar-refractivity contribution in [2.24, 2.45) is 11.1 Å². The number of carbonyl (C=O) groups is 1. The minimum atomic E-state index is -3.55. The summed E-state index contributed by atoms with van der Waals surface area (Å²) in [5.74, 6) is -0.511. The van der Waals surface area contributed by atoms with E-state index in [1.54, 1.807) is 0 Å². The molecule has 0 aliphatic carbocycles. The van der Waals surface area contributed by atoms with Gasteiger partial charge in [-0.1, -0.05) is 50.6 Å². The van der Waals surface area contributed by atoms with Crippen LogP contribution in [0.25, 0.3) is 0 Å². The van der Waals surface area contributed by atoms with Crippen molar-refractivity contribution in [3.05, 3.63) is 35.9 Å². The predicted octanol–water partition coefficient (Wildman–Crippen LogP) is 1.22. The first-order valence-electron chi connectivity index (χ1n) is 6.68. The Bertz CT molecular complexity index is 529. The fourth-order valence-corrected chi connectivity index (χ4v) is 2.45. The van der Waals surface area contributed by atoms with Crippen LogP contribution in [0.1, 0.15) is 31.7 Å². The maximum absolute atomic E-state index is 12.3. The van der Waals surface area contributed by atoms with Crippen LogP contribution in [0, 0.1) is 5.92 Å². The van der Waals surface area contributed by atoms with Crippen molar-refractivity contribution in [3.63, 3.8) is 0 Å². The minimum Gasteiger partial charge on any atom is -0.354 e. The second-order valence-electron chi connectivity index (χ2n) is 4.93. The molecular weight excluding hydrogens is 276 g/mol. The van der Waals surface area contributed by atoms with Gasteiger partial charge in [-0.3, -0.25) is 4.79 Å². The van der Waals surface area contributed by atoms with Crippen LogP contribution in [0.4, 0.5) is 0 Å². The van der Waals surface area contributed by atoms with E-state index in [4.69, 9.17) is 5.14 Å². The largest absolute Gasteiger partial charge is 0.354 e. The molecule has 0 heterocycles. The molecule has 1 rings (SSSR count). The zero-order valence-electron chi connectivity index (χ0n) is 11.9. The molecule has 0 aliphatic heterocycles. The van der Waals surface area contributed by atoms with Gasteiger partial charge in [0.25, 0.3) is 0 Å². The first-order chi connectivity index (χ1) is 9.35. The third-order valence-electron chi connectivity index (χ3n) is 3.34. The van der Waals surface area contributed by atoms with Gasteiger partial charge in [-0.15, -0.1) is 0 Å². The van der Waals surface area contributed by atoms with Crippen molar-refractivity contribution in [1.82, 2.24) is 5.32 Å². The number of nitrogens with two attached hydrogens (primary N) is 1. The van der Waals surface area contributed by atoms with Crippen LogP contribution in [0.5, 0.6) is 0 Å². The van der Waals surface area contributed by atoms with Crippen LogP contribution in [0.3, 0.4) is 0 Å². The number of primary sulfonamides is 1. The molecule has 3 N–H and O–H groups in total. The lowest BCUT2D eigenvalue weighted by molar-refractivity contribution is -0.123. The Hall–Kier alpha value is -1.40. The van der Waals surface area contributed by atoms with E-state index in [1.807, 2.05) is 44.2 Å². The summed E-state index contributed by atoms with van der Waals surface area (Å²) in [7, 11) is -3.55. The highest BCUT2D eigenvalue weighted by atomic mass is 32.2. The zero-order chi connectivity index (χ0) is 15.2. The Morgan fingerprint density at radius 1 is 1.30 bits per heavy atom. The Balaban J connectivity index is 2.77. The summed E-state index contributed by atoms with van der Waals surface area (Å²) >= 11 is 0. The highest BCUT2D eigenvalue weighted by Gasteiger charge is 2.25. The lowest BCUT2D eigenvalue weighted by Gasteiger charge is -2.22. The van der Waals surface area contributed by atoms with E-state index in [9.17, 15) is 13.2 Å². The molecule has 0 bridgehead atoms. The summed E-state index contributed by atoms with van der Waals surface area (Å²) in [6.45, 7) is 4.08. The monoisotopic (exact) mass is 298 g/mol. The molecule has 0 fully saturated rings. The highest BCUT2D eigenvalue weighted by molar-refractivity contribution is 7.89. The van der Waals surface area contributed by atoms with Crippen LogP contribution >= 0.6 is 0 Å². The van der Waals surface area contributed by atoms with Crippen molar-refractivity contribution in [3.8, 4) is 0 Å². The van der Waals surface area contributed by atoms with Crippen LogP contribution in [0.15, 0.2) is 30.3 Å². The number of benzene rings is 1. The average Bonchev–Trinajstić information content (AvgIpc) is 2.38. The molecule has 0 aliphatic rings. The van der Waals surface area contributed by atoms with E-state index >= 15 is 0 Å². The Labute approximate surface area is 120 Å². The van der Waals surface area contributed by atoms with Gasteiger partial charge in [0.1, 0.15) is 0 Å². The standard InChI is InChI=1S/C14H22N2O3S/c1-3-11(2)13(12-7-5-4-6-8-12)14(17)16-9-10-20(15,18)19/h4-8,11,13H,3,9-10H2,1-2H3,(H,16,17)(H2,15,18,19). The second-order valence-corrected chi connectivity index (χ2v) is 6.67. The second kappa shape index (κ2) is 7.40. The SMILES string of the molecule is CCC(C)C(C(=O)NCCS(N)(=O)=O)c1ccccc1. The van der Waals surface area contributed by atoms with Crippen LogP contribution in [0.2, 0.25) is 0 Å². The van der Waals surface area contributed by atoms with Crippen molar-refractivity contribution in [2.45, 2.75) is 26.2 Å². The average molecular weight is 298 g/mol. The fourth-order valence-electron chi connectivity index (χ4n) is 2.06. The number of carbonyl (C=O) groups excluding carboxylic acids is 1. The molecule has 5 nitrogen and oxygen atoms in total. The summed E-state index contributed by atoms with van der Waals surface area (Å²) in [5.41, 5.74) is 0.940. The first-order valence-corrected chi connectivity index (χ1v) is 8.39. The molecule has 1 aromatic carbocycles. The maximum atomic E-state index is 12.3. The molecular formula is C14H22N2O3S. The molecule has 0 radical (unpaired) electrons. The molecule has 2 atom stereocenters. The minimum absolute atomic E-state index is 0.0391. The number of nitrogens with one attached hydrogen (secondary N) is 1. The molecule has 0 saturated carbocycles. The molecule has 0 spiro atoms. The summed E-state index contributed by atoms with van der Waals surface area (Å²) in [6, 6.07) is 9.51. The lowest BCUT2D eigenvalue weighted by Crippen LogP contribution is -2.36. The van der Waals surface area contributed by atoms with Gasteiger partial charge in [0.2, 0.25) is 15.9 Å². The van der Waals surface area contributed by atoms with E-state index in [2.05, 4.69) is 5.32 Å². The topological polar surface area (TPSA) is 89.3 Å². The van der Waals surface area contributed by atoms with Crippen molar-refractivity contribution in [1.29, 1.82) is 0 Å². The van der Waals surface area contributed by atoms with E-state index in [0.29, 0.717) is 0 Å². The van der Waals surface area contributed by atoms with Crippen molar-refractivity contribution >= 4 is 15.9 Å². The van der Waals surface area contributed by atoms with E-state index in [-0.39, 0.29) is 30.0 Å². The normalized spacial score (nSPS) is 14.6. The van der Waals surface area contributed by atoms with Gasteiger partial charge in [0, 0.05) is 6.54 Å². The van der Waals surface area contributed by atoms with E-state index < -0.39 is 10.0 Å². The van der Waals surface area contributed by atoms with Crippen molar-refractivity contribution < 1.29 is 13.2 Å². The van der Waals surface area contributed by atoms with Gasteiger partial charge in [0.15, 0.2) is 0 Å². The Morgan fingerprint density at radius 3 is 2.40 bits per heavy atom. The molecule has 2 unspecified atom stereocenters. The summed E-state index contributed by atoms with van der Waals surface area (Å²) in [5, 5.41) is 7.57. The van der Waals surface area contributed by atoms with Gasteiger partial charge in [-0.05, 0) is 11.5 Å². The maximum Gasteiger partial charge on any atom is 0.227 e. The smallest absolute Gasteiger partial charge is 0.227 e. The van der Waals surface area contributed by atoms with Gasteiger partial charge in [0.05, 0.1) is 11.7 Å². The lowest BCUT2D eigenvalue weighted by atomic mass is 9.85. The fraction of sp³-hybridized carbons (Fsp3) is 0.500. The van der Waals surface area contributed by atoms with Crippen LogP contribution < -0.4 is 10.5 Å². The summed E-state index contributed by atoms with van der Waals surface area (Å²) in [6.07, 6.45) is 0.863. The molecule has 112 valence electrons. The van der Waals surface area contributed by atoms with Gasteiger partial charge in [-0.2, -0.15) is 0 Å². The number of hydrogen-bond acceptors (Lipinski definition) is 3. The van der Waals surface area contributed by atoms with E-state index in [1.165, 1.54) is 0 Å². The van der Waals surface area contributed by atoms with Crippen LogP contribution in [-0.2, 0) is 14.8 Å². The first kappa shape index (κ1) is 16.7. The summed E-state index contributed by atoms with van der Waals surface area (Å²) in [4.78, 5) is 12.3. The molecule has 6 heteroatoms. The quantitative estimate of drug-likeness (QED) is 0.793. The third-order valence-corrected chi connectivity index (χ3v) is 4.11. The highest BCUT2D eigenvalue weighted by Crippen LogP contribution is 2.26. The molecule has 1 amide bonds. The van der Waals surface area contributed by atoms with Gasteiger partial charge < -0.3 is 5.32 Å².